The van der Waals surface area contributed by atoms with Gasteiger partial charge in [-0.25, -0.2) is 0 Å². The summed E-state index contributed by atoms with van der Waals surface area (Å²) in [6.07, 6.45) is 0. The van der Waals surface area contributed by atoms with Crippen LogP contribution in [0, 0.1) is 0 Å². The Balaban J connectivity index is 1.76. The second kappa shape index (κ2) is 8.86. The molecule has 0 aromatic heterocycles. The van der Waals surface area contributed by atoms with E-state index >= 15 is 0 Å². The summed E-state index contributed by atoms with van der Waals surface area (Å²) in [5, 5.41) is 2.89. The molecule has 0 spiro atoms. The van der Waals surface area contributed by atoms with Crippen LogP contribution in [0.4, 0.5) is 0 Å². The van der Waals surface area contributed by atoms with Gasteiger partial charge in [0.25, 0.3) is 5.91 Å². The molecule has 2 aromatic rings. The molecule has 0 aliphatic rings. The minimum absolute atomic E-state index is 0.0214. The third kappa shape index (κ3) is 6.52. The van der Waals surface area contributed by atoms with Crippen molar-refractivity contribution in [2.45, 2.75) is 39.3 Å². The molecule has 0 heterocycles. The second-order valence-electron chi connectivity index (χ2n) is 7.89. The Morgan fingerprint density at radius 2 is 1.54 bits per heavy atom. The lowest BCUT2D eigenvalue weighted by molar-refractivity contribution is -0.123. The standard InChI is InChI=1S/C22H30N2O2/c1-22(2,3)19-10-12-20(13-11-19)26-16-21(25)23-14-17-6-8-18(9-7-17)15-24(4)5/h6-13H,14-16H2,1-5H3,(H,23,25). The van der Waals surface area contributed by atoms with Crippen LogP contribution in [0.25, 0.3) is 0 Å². The van der Waals surface area contributed by atoms with Crippen molar-refractivity contribution in [3.63, 3.8) is 0 Å². The van der Waals surface area contributed by atoms with Gasteiger partial charge in [0.05, 0.1) is 0 Å². The first-order valence-electron chi connectivity index (χ1n) is 8.96. The third-order valence-corrected chi connectivity index (χ3v) is 4.10. The Hall–Kier alpha value is -2.33. The molecule has 4 heteroatoms. The van der Waals surface area contributed by atoms with Gasteiger partial charge in [0.2, 0.25) is 0 Å². The van der Waals surface area contributed by atoms with Gasteiger partial charge in [-0.15, -0.1) is 0 Å². The molecule has 0 aliphatic heterocycles. The fourth-order valence-corrected chi connectivity index (χ4v) is 2.58. The largest absolute Gasteiger partial charge is 0.484 e. The first kappa shape index (κ1) is 20.0. The van der Waals surface area contributed by atoms with Crippen LogP contribution in [0.5, 0.6) is 5.75 Å². The molecule has 0 saturated heterocycles. The van der Waals surface area contributed by atoms with E-state index in [2.05, 4.69) is 43.1 Å². The highest BCUT2D eigenvalue weighted by Gasteiger charge is 2.13. The zero-order chi connectivity index (χ0) is 19.2. The van der Waals surface area contributed by atoms with Crippen molar-refractivity contribution in [1.29, 1.82) is 0 Å². The summed E-state index contributed by atoms with van der Waals surface area (Å²) < 4.78 is 5.57. The molecule has 0 atom stereocenters. The maximum absolute atomic E-state index is 12.0. The molecule has 2 rings (SSSR count). The fraction of sp³-hybridized carbons (Fsp3) is 0.409. The number of carbonyl (C=O) groups is 1. The van der Waals surface area contributed by atoms with Crippen LogP contribution in [0.2, 0.25) is 0 Å². The Morgan fingerprint density at radius 3 is 2.08 bits per heavy atom. The number of benzene rings is 2. The predicted molar refractivity (Wildman–Crippen MR) is 106 cm³/mol. The molecule has 4 nitrogen and oxygen atoms in total. The van der Waals surface area contributed by atoms with Crippen molar-refractivity contribution in [1.82, 2.24) is 10.2 Å². The van der Waals surface area contributed by atoms with Crippen molar-refractivity contribution < 1.29 is 9.53 Å². The molecule has 2 aromatic carbocycles. The predicted octanol–water partition coefficient (Wildman–Crippen LogP) is 3.74. The molecular formula is C22H30N2O2. The number of hydrogen-bond donors (Lipinski definition) is 1. The van der Waals surface area contributed by atoms with Crippen LogP contribution in [0.1, 0.15) is 37.5 Å². The normalized spacial score (nSPS) is 11.5. The minimum Gasteiger partial charge on any atom is -0.484 e. The van der Waals surface area contributed by atoms with E-state index in [1.807, 2.05) is 50.5 Å². The molecule has 0 radical (unpaired) electrons. The van der Waals surface area contributed by atoms with Crippen molar-refractivity contribution in [3.8, 4) is 5.75 Å². The van der Waals surface area contributed by atoms with E-state index in [-0.39, 0.29) is 17.9 Å². The summed E-state index contributed by atoms with van der Waals surface area (Å²) in [6.45, 7) is 7.95. The average molecular weight is 354 g/mol. The fourth-order valence-electron chi connectivity index (χ4n) is 2.58. The molecule has 1 N–H and O–H groups in total. The van der Waals surface area contributed by atoms with Crippen LogP contribution >= 0.6 is 0 Å². The molecule has 1 amide bonds. The maximum Gasteiger partial charge on any atom is 0.258 e. The quantitative estimate of drug-likeness (QED) is 0.823. The van der Waals surface area contributed by atoms with Crippen molar-refractivity contribution >= 4 is 5.91 Å². The highest BCUT2D eigenvalue weighted by atomic mass is 16.5. The number of rotatable bonds is 7. The molecule has 0 bridgehead atoms. The zero-order valence-corrected chi connectivity index (χ0v) is 16.5. The van der Waals surface area contributed by atoms with E-state index < -0.39 is 0 Å². The summed E-state index contributed by atoms with van der Waals surface area (Å²) in [4.78, 5) is 14.1. The zero-order valence-electron chi connectivity index (χ0n) is 16.5. The molecule has 0 aliphatic carbocycles. The van der Waals surface area contributed by atoms with Gasteiger partial charge in [0.15, 0.2) is 6.61 Å². The van der Waals surface area contributed by atoms with Crippen LogP contribution in [0.15, 0.2) is 48.5 Å². The number of nitrogens with zero attached hydrogens (tertiary/aromatic N) is 1. The van der Waals surface area contributed by atoms with Crippen molar-refractivity contribution in [2.75, 3.05) is 20.7 Å². The van der Waals surface area contributed by atoms with Gasteiger partial charge in [-0.05, 0) is 48.3 Å². The van der Waals surface area contributed by atoms with Crippen LogP contribution in [0.3, 0.4) is 0 Å². The molecular weight excluding hydrogens is 324 g/mol. The molecule has 0 unspecified atom stereocenters. The Labute approximate surface area is 157 Å². The summed E-state index contributed by atoms with van der Waals surface area (Å²) >= 11 is 0. The van der Waals surface area contributed by atoms with Crippen molar-refractivity contribution in [3.05, 3.63) is 65.2 Å². The van der Waals surface area contributed by atoms with E-state index in [1.54, 1.807) is 0 Å². The van der Waals surface area contributed by atoms with Gasteiger partial charge in [0.1, 0.15) is 5.75 Å². The number of amides is 1. The summed E-state index contributed by atoms with van der Waals surface area (Å²) in [6, 6.07) is 16.2. The van der Waals surface area contributed by atoms with Gasteiger partial charge in [-0.2, -0.15) is 0 Å². The SMILES string of the molecule is CN(C)Cc1ccc(CNC(=O)COc2ccc(C(C)(C)C)cc2)cc1. The molecule has 0 fully saturated rings. The lowest BCUT2D eigenvalue weighted by Gasteiger charge is -2.19. The number of ether oxygens (including phenoxy) is 1. The minimum atomic E-state index is -0.123. The Morgan fingerprint density at radius 1 is 0.962 bits per heavy atom. The van der Waals surface area contributed by atoms with Crippen LogP contribution < -0.4 is 10.1 Å². The second-order valence-corrected chi connectivity index (χ2v) is 7.89. The number of carbonyl (C=O) groups excluding carboxylic acids is 1. The number of hydrogen-bond acceptors (Lipinski definition) is 3. The van der Waals surface area contributed by atoms with Gasteiger partial charge in [-0.1, -0.05) is 57.2 Å². The lowest BCUT2D eigenvalue weighted by atomic mass is 9.87. The van der Waals surface area contributed by atoms with Crippen LogP contribution in [-0.4, -0.2) is 31.5 Å². The van der Waals surface area contributed by atoms with Gasteiger partial charge in [-0.3, -0.25) is 4.79 Å². The van der Waals surface area contributed by atoms with Gasteiger partial charge < -0.3 is 15.0 Å². The topological polar surface area (TPSA) is 41.6 Å². The summed E-state index contributed by atoms with van der Waals surface area (Å²) in [5.41, 5.74) is 3.69. The highest BCUT2D eigenvalue weighted by Crippen LogP contribution is 2.24. The summed E-state index contributed by atoms with van der Waals surface area (Å²) in [7, 11) is 4.09. The third-order valence-electron chi connectivity index (χ3n) is 4.10. The van der Waals surface area contributed by atoms with E-state index in [4.69, 9.17) is 4.74 Å². The van der Waals surface area contributed by atoms with E-state index in [0.717, 1.165) is 12.1 Å². The Kier molecular flexibility index (Phi) is 6.81. The van der Waals surface area contributed by atoms with E-state index in [0.29, 0.717) is 12.3 Å². The van der Waals surface area contributed by atoms with Gasteiger partial charge in [0, 0.05) is 13.1 Å². The summed E-state index contributed by atoms with van der Waals surface area (Å²) in [5.74, 6) is 0.587. The lowest BCUT2D eigenvalue weighted by Crippen LogP contribution is -2.28. The average Bonchev–Trinajstić information content (AvgIpc) is 2.58. The smallest absolute Gasteiger partial charge is 0.258 e. The Bertz CT molecular complexity index is 698. The number of nitrogens with one attached hydrogen (secondary N) is 1. The van der Waals surface area contributed by atoms with Crippen molar-refractivity contribution in [2.24, 2.45) is 0 Å². The highest BCUT2D eigenvalue weighted by molar-refractivity contribution is 5.77. The van der Waals surface area contributed by atoms with E-state index in [9.17, 15) is 4.79 Å². The maximum atomic E-state index is 12.0. The monoisotopic (exact) mass is 354 g/mol. The van der Waals surface area contributed by atoms with Gasteiger partial charge >= 0.3 is 0 Å². The van der Waals surface area contributed by atoms with Crippen LogP contribution in [-0.2, 0) is 23.3 Å². The first-order valence-corrected chi connectivity index (χ1v) is 8.96. The molecule has 26 heavy (non-hydrogen) atoms. The first-order chi connectivity index (χ1) is 12.2. The van der Waals surface area contributed by atoms with E-state index in [1.165, 1.54) is 11.1 Å². The molecule has 140 valence electrons. The molecule has 0 saturated carbocycles.